The van der Waals surface area contributed by atoms with E-state index in [0.717, 1.165) is 110 Å². The number of carbonyl (C=O) groups is 3. The second-order valence-corrected chi connectivity index (χ2v) is 22.5. The first-order valence-electron chi connectivity index (χ1n) is 26.6. The first-order valence-corrected chi connectivity index (χ1v) is 26.6. The number of piperazine rings is 2. The first kappa shape index (κ1) is 47.6. The van der Waals surface area contributed by atoms with Crippen LogP contribution in [0.2, 0.25) is 0 Å². The number of ether oxygens (including phenoxy) is 1. The molecule has 2 saturated carbocycles. The van der Waals surface area contributed by atoms with Crippen molar-refractivity contribution < 1.29 is 28.6 Å². The Balaban J connectivity index is 0.652. The third-order valence-electron chi connectivity index (χ3n) is 17.6. The van der Waals surface area contributed by atoms with Crippen LogP contribution in [0.25, 0.3) is 32.9 Å². The van der Waals surface area contributed by atoms with E-state index in [9.17, 15) is 19.5 Å². The Bertz CT molecular complexity index is 3030. The van der Waals surface area contributed by atoms with Crippen molar-refractivity contribution in [2.75, 3.05) is 88.4 Å². The smallest absolute Gasteiger partial charge is 0.328 e. The molecular formula is C57H65FN10O5. The van der Waals surface area contributed by atoms with Crippen LogP contribution in [0.5, 0.6) is 11.8 Å². The fraction of sp³-hybridized carbons (Fsp3) is 0.509. The van der Waals surface area contributed by atoms with E-state index >= 15 is 4.39 Å². The first-order chi connectivity index (χ1) is 35.4. The second-order valence-electron chi connectivity index (χ2n) is 22.5. The summed E-state index contributed by atoms with van der Waals surface area (Å²) in [6, 6.07) is 14.6. The number of aromatic hydroxyl groups is 1. The van der Waals surface area contributed by atoms with Crippen LogP contribution >= 0.6 is 0 Å². The predicted octanol–water partition coefficient (Wildman–Crippen LogP) is 7.26. The van der Waals surface area contributed by atoms with Gasteiger partial charge in [-0.1, -0.05) is 24.1 Å². The summed E-state index contributed by atoms with van der Waals surface area (Å²) in [6.07, 6.45) is 19.0. The molecule has 2 bridgehead atoms. The van der Waals surface area contributed by atoms with E-state index in [1.165, 1.54) is 31.7 Å². The Kier molecular flexibility index (Phi) is 12.5. The zero-order valence-electron chi connectivity index (χ0n) is 41.8. The van der Waals surface area contributed by atoms with Crippen molar-refractivity contribution in [1.82, 2.24) is 40.3 Å². The number of nitrogens with zero attached hydrogens (tertiary/aromatic N) is 8. The number of fused-ring (bicyclic) bond motifs is 4. The second kappa shape index (κ2) is 19.1. The van der Waals surface area contributed by atoms with Gasteiger partial charge >= 0.3 is 12.0 Å². The van der Waals surface area contributed by atoms with Gasteiger partial charge in [0.1, 0.15) is 22.8 Å². The van der Waals surface area contributed by atoms with Gasteiger partial charge in [-0.25, -0.2) is 9.18 Å². The zero-order valence-corrected chi connectivity index (χ0v) is 41.8. The number of anilines is 2. The Hall–Kier alpha value is -6.41. The van der Waals surface area contributed by atoms with Crippen molar-refractivity contribution in [3.63, 3.8) is 0 Å². The summed E-state index contributed by atoms with van der Waals surface area (Å²) in [5, 5.41) is 18.7. The molecule has 0 radical (unpaired) electrons. The van der Waals surface area contributed by atoms with E-state index in [1.54, 1.807) is 17.2 Å². The lowest BCUT2D eigenvalue weighted by atomic mass is 9.65. The average Bonchev–Trinajstić information content (AvgIpc) is 4.08. The maximum atomic E-state index is 17.2. The standard InChI is InChI=1S/C57H65FN10O5/c1-3-38-5-4-6-39-27-43(69)29-44(48(38)39)50-49(58)51-45(30-59-50)52(67-32-41-9-10-42(33-67)60-41)63-54(62-51)73-35-57(16-17-57)34-65-25-23-64(24-26-65)31-37-11-14-56(15-12-37)18-21-66(22-19-56)53(71)40-8-7-36(2)46(28-40)68-20-13-47(70)61-55(68)72/h1,4-8,27-30,37,41-42,60,69H,9-26,31-35H2,2H3,(H,61,70,72). The van der Waals surface area contributed by atoms with E-state index in [4.69, 9.17) is 21.1 Å². The lowest BCUT2D eigenvalue weighted by molar-refractivity contribution is -0.120. The van der Waals surface area contributed by atoms with Crippen molar-refractivity contribution >= 4 is 51.0 Å². The van der Waals surface area contributed by atoms with Gasteiger partial charge in [0.25, 0.3) is 5.91 Å². The number of hydrogen-bond acceptors (Lipinski definition) is 12. The molecule has 7 heterocycles. The van der Waals surface area contributed by atoms with Gasteiger partial charge < -0.3 is 34.8 Å². The van der Waals surface area contributed by atoms with Crippen molar-refractivity contribution in [3.8, 4) is 35.4 Å². The molecule has 2 aliphatic carbocycles. The molecule has 2 aromatic heterocycles. The van der Waals surface area contributed by atoms with Gasteiger partial charge in [0, 0.05) is 130 Å². The molecular weight excluding hydrogens is 924 g/mol. The molecule has 16 heteroatoms. The van der Waals surface area contributed by atoms with Crippen molar-refractivity contribution in [2.24, 2.45) is 16.7 Å². The van der Waals surface area contributed by atoms with Gasteiger partial charge in [-0.15, -0.1) is 6.42 Å². The fourth-order valence-corrected chi connectivity index (χ4v) is 13.1. The van der Waals surface area contributed by atoms with E-state index in [1.807, 2.05) is 48.2 Å². The number of halogens is 1. The number of aryl methyl sites for hydroxylation is 1. The number of nitrogens with one attached hydrogen (secondary N) is 2. The Morgan fingerprint density at radius 2 is 1.66 bits per heavy atom. The molecule has 12 rings (SSSR count). The van der Waals surface area contributed by atoms with E-state index in [0.29, 0.717) is 80.9 Å². The highest BCUT2D eigenvalue weighted by molar-refractivity contribution is 6.07. The van der Waals surface area contributed by atoms with E-state index in [-0.39, 0.29) is 46.6 Å². The van der Waals surface area contributed by atoms with E-state index in [2.05, 4.69) is 36.2 Å². The highest BCUT2D eigenvalue weighted by atomic mass is 19.1. The molecule has 380 valence electrons. The van der Waals surface area contributed by atoms with Crippen LogP contribution in [0.4, 0.5) is 20.7 Å². The van der Waals surface area contributed by atoms with Crippen LogP contribution in [0.3, 0.4) is 0 Å². The minimum atomic E-state index is -0.605. The number of amides is 4. The van der Waals surface area contributed by atoms with Crippen LogP contribution in [0, 0.1) is 41.8 Å². The van der Waals surface area contributed by atoms with Gasteiger partial charge in [-0.2, -0.15) is 9.97 Å². The molecule has 1 spiro atoms. The molecule has 7 fully saturated rings. The number of terminal acetylenes is 1. The van der Waals surface area contributed by atoms with Gasteiger partial charge in [-0.05, 0) is 124 Å². The summed E-state index contributed by atoms with van der Waals surface area (Å²) >= 11 is 0. The largest absolute Gasteiger partial charge is 0.508 e. The number of urea groups is 1. The third-order valence-corrected chi connectivity index (χ3v) is 17.6. The molecule has 2 atom stereocenters. The number of imide groups is 1. The lowest BCUT2D eigenvalue weighted by Gasteiger charge is -2.47. The van der Waals surface area contributed by atoms with Crippen LogP contribution in [-0.2, 0) is 4.79 Å². The molecule has 5 aliphatic heterocycles. The van der Waals surface area contributed by atoms with Gasteiger partial charge in [0.15, 0.2) is 5.82 Å². The van der Waals surface area contributed by atoms with E-state index < -0.39 is 11.8 Å². The Morgan fingerprint density at radius 1 is 0.904 bits per heavy atom. The van der Waals surface area contributed by atoms with Gasteiger partial charge in [0.05, 0.1) is 12.0 Å². The van der Waals surface area contributed by atoms with Crippen LogP contribution < -0.4 is 25.2 Å². The number of pyridine rings is 1. The predicted molar refractivity (Wildman–Crippen MR) is 278 cm³/mol. The number of aromatic nitrogens is 3. The molecule has 73 heavy (non-hydrogen) atoms. The van der Waals surface area contributed by atoms with Crippen molar-refractivity contribution in [3.05, 3.63) is 77.2 Å². The summed E-state index contributed by atoms with van der Waals surface area (Å²) in [7, 11) is 0. The molecule has 2 unspecified atom stereocenters. The monoisotopic (exact) mass is 989 g/mol. The maximum absolute atomic E-state index is 17.2. The Labute approximate surface area is 425 Å². The molecule has 3 N–H and O–H groups in total. The summed E-state index contributed by atoms with van der Waals surface area (Å²) in [6.45, 7) is 11.9. The number of phenols is 1. The molecule has 5 aromatic rings. The third kappa shape index (κ3) is 9.44. The molecule has 7 aliphatic rings. The van der Waals surface area contributed by atoms with Crippen LogP contribution in [-0.4, -0.2) is 143 Å². The SMILES string of the molecule is C#Cc1cccc2cc(O)cc(-c3ncc4c(N5CC6CCC(C5)N6)nc(OCC5(CN6CCN(CC7CCC8(CC7)CCN(C(=O)c7ccc(C)c(N9CCC(=O)NC9=O)c7)CC8)CC6)CC5)nc4c3F)c12. The zero-order chi connectivity index (χ0) is 50.0. The molecule has 15 nitrogen and oxygen atoms in total. The summed E-state index contributed by atoms with van der Waals surface area (Å²) in [4.78, 5) is 63.6. The van der Waals surface area contributed by atoms with Crippen molar-refractivity contribution in [2.45, 2.75) is 89.6 Å². The lowest BCUT2D eigenvalue weighted by Crippen LogP contribution is -2.51. The minimum absolute atomic E-state index is 0.00224. The van der Waals surface area contributed by atoms with Gasteiger partial charge in [0.2, 0.25) is 5.91 Å². The maximum Gasteiger partial charge on any atom is 0.328 e. The number of piperidine rings is 1. The Morgan fingerprint density at radius 3 is 2.38 bits per heavy atom. The summed E-state index contributed by atoms with van der Waals surface area (Å²) in [5.74, 6) is 3.17. The normalized spacial score (nSPS) is 23.3. The number of hydrogen-bond donors (Lipinski definition) is 3. The average molecular weight is 989 g/mol. The minimum Gasteiger partial charge on any atom is -0.508 e. The van der Waals surface area contributed by atoms with Crippen molar-refractivity contribution in [1.29, 1.82) is 0 Å². The fourth-order valence-electron chi connectivity index (χ4n) is 13.1. The molecule has 3 aromatic carbocycles. The topological polar surface area (TPSA) is 160 Å². The highest BCUT2D eigenvalue weighted by Crippen LogP contribution is 2.49. The van der Waals surface area contributed by atoms with Crippen LogP contribution in [0.15, 0.2) is 54.7 Å². The number of carbonyl (C=O) groups excluding carboxylic acids is 3. The number of phenolic OH excluding ortho intramolecular Hbond substituents is 1. The number of benzene rings is 3. The number of rotatable bonds is 11. The number of likely N-dealkylation sites (tertiary alicyclic amines) is 1. The molecule has 5 saturated heterocycles. The quantitative estimate of drug-likeness (QED) is 0.114. The van der Waals surface area contributed by atoms with Crippen LogP contribution in [0.1, 0.15) is 92.1 Å². The highest BCUT2D eigenvalue weighted by Gasteiger charge is 2.46. The molecule has 4 amide bonds. The summed E-state index contributed by atoms with van der Waals surface area (Å²) in [5.41, 5.74) is 3.64. The summed E-state index contributed by atoms with van der Waals surface area (Å²) < 4.78 is 23.7. The van der Waals surface area contributed by atoms with Gasteiger partial charge in [-0.3, -0.25) is 24.8 Å².